The van der Waals surface area contributed by atoms with Gasteiger partial charge in [-0.1, -0.05) is 44.2 Å². The summed E-state index contributed by atoms with van der Waals surface area (Å²) in [7, 11) is 1.47. The number of fused-ring (bicyclic) bond motifs is 1. The van der Waals surface area contributed by atoms with Crippen molar-refractivity contribution in [3.8, 4) is 17.6 Å². The van der Waals surface area contributed by atoms with Crippen LogP contribution < -0.4 is 4.74 Å². The van der Waals surface area contributed by atoms with Crippen LogP contribution in [0.15, 0.2) is 65.6 Å². The lowest BCUT2D eigenvalue weighted by molar-refractivity contribution is -0.118. The van der Waals surface area contributed by atoms with Crippen molar-refractivity contribution in [1.29, 1.82) is 5.26 Å². The van der Waals surface area contributed by atoms with Crippen molar-refractivity contribution in [2.24, 2.45) is 5.41 Å². The van der Waals surface area contributed by atoms with Gasteiger partial charge in [0.15, 0.2) is 23.0 Å². The molecule has 0 amide bonds. The molecule has 5 rings (SSSR count). The number of nitrogens with one attached hydrogen (secondary N) is 1. The lowest BCUT2D eigenvalue weighted by Crippen LogP contribution is -2.32. The number of hydrogen-bond donors (Lipinski definition) is 2. The number of rotatable bonds is 3. The smallest absolute Gasteiger partial charge is 0.163 e. The molecule has 2 heterocycles. The zero-order valence-electron chi connectivity index (χ0n) is 18.7. The monoisotopic (exact) mass is 440 g/mol. The molecule has 1 aliphatic carbocycles. The minimum atomic E-state index is -0.749. The quantitative estimate of drug-likeness (QED) is 0.555. The maximum absolute atomic E-state index is 13.4. The number of Topliss-reactive ketones (excluding diaryl/α,β-unsaturated/α-hetero) is 1. The summed E-state index contributed by atoms with van der Waals surface area (Å²) in [6, 6.07) is 15.2. The van der Waals surface area contributed by atoms with Gasteiger partial charge in [-0.05, 0) is 17.5 Å². The second-order valence-corrected chi connectivity index (χ2v) is 9.31. The van der Waals surface area contributed by atoms with Crippen molar-refractivity contribution in [3.05, 3.63) is 76.7 Å². The lowest BCUT2D eigenvalue weighted by Gasteiger charge is -2.38. The van der Waals surface area contributed by atoms with E-state index in [-0.39, 0.29) is 28.3 Å². The molecule has 6 heteroatoms. The topological polar surface area (TPSA) is 95.3 Å². The molecular formula is C27H24N2O4. The molecule has 1 aromatic heterocycles. The van der Waals surface area contributed by atoms with E-state index in [0.717, 1.165) is 16.5 Å². The molecule has 1 aliphatic heterocycles. The van der Waals surface area contributed by atoms with Gasteiger partial charge in [0, 0.05) is 46.6 Å². The number of carbonyl (C=O) groups excluding carboxylic acids is 1. The van der Waals surface area contributed by atoms with E-state index in [0.29, 0.717) is 35.5 Å². The van der Waals surface area contributed by atoms with E-state index in [1.54, 1.807) is 18.2 Å². The van der Waals surface area contributed by atoms with E-state index in [4.69, 9.17) is 9.47 Å². The number of nitriles is 1. The van der Waals surface area contributed by atoms with Gasteiger partial charge in [-0.15, -0.1) is 0 Å². The zero-order chi connectivity index (χ0) is 23.3. The van der Waals surface area contributed by atoms with Gasteiger partial charge >= 0.3 is 0 Å². The number of aromatic nitrogens is 1. The largest absolute Gasteiger partial charge is 0.504 e. The van der Waals surface area contributed by atoms with Crippen LogP contribution in [-0.2, 0) is 9.53 Å². The first-order valence-electron chi connectivity index (χ1n) is 10.9. The predicted molar refractivity (Wildman–Crippen MR) is 124 cm³/mol. The summed E-state index contributed by atoms with van der Waals surface area (Å²) in [6.07, 6.45) is 2.72. The van der Waals surface area contributed by atoms with Gasteiger partial charge in [-0.25, -0.2) is 0 Å². The molecule has 33 heavy (non-hydrogen) atoms. The van der Waals surface area contributed by atoms with Crippen LogP contribution in [0.3, 0.4) is 0 Å². The molecule has 2 aliphatic rings. The standard InChI is InChI=1S/C27H24N2O4/c1-27(2)11-20(30)24-22(12-27)33-26(18-14-29-19-9-5-4-7-15(18)19)17(13-28)23(24)16-8-6-10-21(32-3)25(16)31/h4-10,14,23,29,31H,11-12H2,1-3H3. The van der Waals surface area contributed by atoms with Crippen molar-refractivity contribution in [2.45, 2.75) is 32.6 Å². The van der Waals surface area contributed by atoms with Gasteiger partial charge in [-0.2, -0.15) is 5.26 Å². The Balaban J connectivity index is 1.80. The van der Waals surface area contributed by atoms with Crippen molar-refractivity contribution in [3.63, 3.8) is 0 Å². The normalized spacial score (nSPS) is 19.8. The number of para-hydroxylation sites is 2. The highest BCUT2D eigenvalue weighted by Gasteiger charge is 2.44. The first-order valence-corrected chi connectivity index (χ1v) is 10.9. The minimum absolute atomic E-state index is 0.0702. The third kappa shape index (κ3) is 3.28. The number of carbonyl (C=O) groups is 1. The van der Waals surface area contributed by atoms with Crippen molar-refractivity contribution in [2.75, 3.05) is 7.11 Å². The van der Waals surface area contributed by atoms with E-state index in [1.807, 2.05) is 44.3 Å². The molecule has 3 aromatic rings. The number of ether oxygens (including phenoxy) is 2. The molecular weight excluding hydrogens is 416 g/mol. The number of nitrogens with zero attached hydrogens (tertiary/aromatic N) is 1. The Morgan fingerprint density at radius 1 is 1.18 bits per heavy atom. The van der Waals surface area contributed by atoms with Gasteiger partial charge in [0.25, 0.3) is 0 Å². The van der Waals surface area contributed by atoms with E-state index in [9.17, 15) is 15.2 Å². The molecule has 2 aromatic carbocycles. The molecule has 6 nitrogen and oxygen atoms in total. The molecule has 0 bridgehead atoms. The van der Waals surface area contributed by atoms with Crippen molar-refractivity contribution < 1.29 is 19.4 Å². The Morgan fingerprint density at radius 3 is 2.73 bits per heavy atom. The maximum Gasteiger partial charge on any atom is 0.163 e. The van der Waals surface area contributed by atoms with E-state index in [1.165, 1.54) is 7.11 Å². The van der Waals surface area contributed by atoms with Gasteiger partial charge in [0.1, 0.15) is 5.76 Å². The summed E-state index contributed by atoms with van der Waals surface area (Å²) in [5.74, 6) is 0.354. The number of aromatic amines is 1. The van der Waals surface area contributed by atoms with Gasteiger partial charge in [0.05, 0.1) is 24.7 Å². The average molecular weight is 440 g/mol. The van der Waals surface area contributed by atoms with Gasteiger partial charge in [-0.3, -0.25) is 4.79 Å². The van der Waals surface area contributed by atoms with Crippen molar-refractivity contribution in [1.82, 2.24) is 4.98 Å². The summed E-state index contributed by atoms with van der Waals surface area (Å²) in [5, 5.41) is 22.2. The van der Waals surface area contributed by atoms with Crippen LogP contribution in [0.1, 0.15) is 43.7 Å². The van der Waals surface area contributed by atoms with Crippen LogP contribution in [0.25, 0.3) is 16.7 Å². The molecule has 166 valence electrons. The Morgan fingerprint density at radius 2 is 1.97 bits per heavy atom. The summed E-state index contributed by atoms with van der Waals surface area (Å²) >= 11 is 0. The predicted octanol–water partition coefficient (Wildman–Crippen LogP) is 5.57. The number of aromatic hydroxyl groups is 1. The Kier molecular flexibility index (Phi) is 4.79. The summed E-state index contributed by atoms with van der Waals surface area (Å²) in [4.78, 5) is 16.6. The van der Waals surface area contributed by atoms with Crippen molar-refractivity contribution >= 4 is 22.4 Å². The molecule has 0 saturated heterocycles. The second-order valence-electron chi connectivity index (χ2n) is 9.31. The molecule has 1 unspecified atom stereocenters. The highest BCUT2D eigenvalue weighted by Crippen LogP contribution is 2.53. The minimum Gasteiger partial charge on any atom is -0.504 e. The first kappa shape index (κ1) is 20.9. The lowest BCUT2D eigenvalue weighted by atomic mass is 9.69. The van der Waals surface area contributed by atoms with Crippen LogP contribution >= 0.6 is 0 Å². The van der Waals surface area contributed by atoms with E-state index < -0.39 is 5.92 Å². The molecule has 0 saturated carbocycles. The summed E-state index contributed by atoms with van der Waals surface area (Å²) in [6.45, 7) is 4.07. The van der Waals surface area contributed by atoms with E-state index in [2.05, 4.69) is 11.1 Å². The number of phenols is 1. The maximum atomic E-state index is 13.4. The van der Waals surface area contributed by atoms with Gasteiger partial charge < -0.3 is 19.6 Å². The number of ketones is 1. The first-order chi connectivity index (χ1) is 15.8. The van der Waals surface area contributed by atoms with Crippen LogP contribution in [0.4, 0.5) is 0 Å². The summed E-state index contributed by atoms with van der Waals surface area (Å²) in [5.41, 5.74) is 2.57. The van der Waals surface area contributed by atoms with Crippen LogP contribution in [0.5, 0.6) is 11.5 Å². The zero-order valence-corrected chi connectivity index (χ0v) is 18.7. The number of H-pyrrole nitrogens is 1. The fraction of sp³-hybridized carbons (Fsp3) is 0.259. The highest BCUT2D eigenvalue weighted by molar-refractivity contribution is 6.02. The third-order valence-corrected chi connectivity index (χ3v) is 6.44. The molecule has 0 fully saturated rings. The molecule has 1 atom stereocenters. The number of allylic oxidation sites excluding steroid dienone is 3. The van der Waals surface area contributed by atoms with Crippen LogP contribution in [-0.4, -0.2) is 23.0 Å². The van der Waals surface area contributed by atoms with Crippen LogP contribution in [0.2, 0.25) is 0 Å². The third-order valence-electron chi connectivity index (χ3n) is 6.44. The Bertz CT molecular complexity index is 1400. The van der Waals surface area contributed by atoms with Gasteiger partial charge in [0.2, 0.25) is 0 Å². The van der Waals surface area contributed by atoms with E-state index >= 15 is 0 Å². The number of hydrogen-bond acceptors (Lipinski definition) is 5. The summed E-state index contributed by atoms with van der Waals surface area (Å²) < 4.78 is 11.7. The SMILES string of the molecule is COc1cccc(C2C(C#N)=C(c3c[nH]c4ccccc34)OC3=C2C(=O)CC(C)(C)C3)c1O. The Hall–Kier alpha value is -3.98. The molecule has 0 radical (unpaired) electrons. The Labute approximate surface area is 191 Å². The average Bonchev–Trinajstić information content (AvgIpc) is 3.21. The van der Waals surface area contributed by atoms with Crippen LogP contribution in [0, 0.1) is 16.7 Å². The fourth-order valence-electron chi connectivity index (χ4n) is 4.97. The molecule has 0 spiro atoms. The number of methoxy groups -OCH3 is 1. The number of phenolic OH excluding ortho intramolecular Hbond substituents is 1. The highest BCUT2D eigenvalue weighted by atomic mass is 16.5. The fourth-order valence-corrected chi connectivity index (χ4v) is 4.97. The second kappa shape index (κ2) is 7.56. The molecule has 2 N–H and O–H groups in total. The number of benzene rings is 2.